The van der Waals surface area contributed by atoms with Crippen molar-refractivity contribution in [2.24, 2.45) is 5.16 Å². The number of aromatic hydroxyl groups is 1. The molecule has 0 unspecified atom stereocenters. The van der Waals surface area contributed by atoms with Crippen molar-refractivity contribution in [1.82, 2.24) is 20.2 Å². The number of carboxylic acids is 1. The quantitative estimate of drug-likeness (QED) is 0.0779. The smallest absolute Gasteiger partial charge is 0.353 e. The van der Waals surface area contributed by atoms with E-state index in [0.29, 0.717) is 11.3 Å². The summed E-state index contributed by atoms with van der Waals surface area (Å²) in [5, 5.41) is 29.2. The van der Waals surface area contributed by atoms with E-state index in [-0.39, 0.29) is 45.6 Å². The number of H-pyrrole nitrogens is 1. The van der Waals surface area contributed by atoms with Crippen LogP contribution in [-0.4, -0.2) is 103 Å². The molecule has 2 atom stereocenters. The third-order valence-electron chi connectivity index (χ3n) is 6.93. The maximum Gasteiger partial charge on any atom is 0.353 e. The SMILES string of the molecule is CC(C)(C)OC(=O)C(C)(C)ON=C(C(=O)N[C@@H]1C(=O)N2C(C(=O)[O-])=C(C[N+](C)(C)Cc3cc(=O)c(O)c[nH]3)CS[C@@H]12)c1csc(N)n1. The van der Waals surface area contributed by atoms with Crippen LogP contribution in [-0.2, 0) is 35.3 Å². The van der Waals surface area contributed by atoms with E-state index < -0.39 is 57.5 Å². The Bertz CT molecular complexity index is 1720. The van der Waals surface area contributed by atoms with Crippen molar-refractivity contribution in [2.75, 3.05) is 32.1 Å². The van der Waals surface area contributed by atoms with Crippen molar-refractivity contribution in [2.45, 2.75) is 63.8 Å². The molecule has 0 aliphatic carbocycles. The van der Waals surface area contributed by atoms with Gasteiger partial charge in [-0.1, -0.05) is 5.16 Å². The van der Waals surface area contributed by atoms with Gasteiger partial charge in [0.05, 0.1) is 31.5 Å². The summed E-state index contributed by atoms with van der Waals surface area (Å²) >= 11 is 2.30. The number of aliphatic carboxylic acids is 1. The molecule has 2 amide bonds. The molecule has 1 saturated heterocycles. The number of carboxylic acid groups (broad SMARTS) is 1. The topological polar surface area (TPSA) is 229 Å². The number of nitrogen functional groups attached to an aromatic ring is 1. The Labute approximate surface area is 278 Å². The molecule has 2 aliphatic heterocycles. The van der Waals surface area contributed by atoms with Crippen molar-refractivity contribution in [1.29, 1.82) is 0 Å². The maximum atomic E-state index is 13.5. The molecule has 18 heteroatoms. The lowest BCUT2D eigenvalue weighted by atomic mass is 10.0. The fraction of sp³-hybridized carbons (Fsp3) is 0.483. The summed E-state index contributed by atoms with van der Waals surface area (Å²) in [6.45, 7) is 8.38. The zero-order valence-electron chi connectivity index (χ0n) is 26.9. The minimum atomic E-state index is -1.60. The standard InChI is InChI=1S/C29H37N7O9S2/c1-28(2,3)44-26(43)29(4,5)45-34-19(16-13-47-27(30)32-16)22(39)33-20-23(40)35-21(25(41)42)14(12-46-24(20)35)10-36(6,7)11-15-8-17(37)18(38)9-31-15/h8-9,13,20,24H,10-12H2,1-7H3,(H5-,30,31,32,33,34,37,38,39,41,42)/t20-,24+/m1/s1. The molecule has 2 aromatic heterocycles. The summed E-state index contributed by atoms with van der Waals surface area (Å²) in [6.07, 6.45) is 1.19. The minimum Gasteiger partial charge on any atom is -0.543 e. The first kappa shape index (κ1) is 35.4. The van der Waals surface area contributed by atoms with E-state index in [1.807, 2.05) is 14.1 Å². The van der Waals surface area contributed by atoms with E-state index in [1.54, 1.807) is 20.8 Å². The highest BCUT2D eigenvalue weighted by Gasteiger charge is 2.53. The van der Waals surface area contributed by atoms with Gasteiger partial charge in [0.1, 0.15) is 35.8 Å². The molecule has 47 heavy (non-hydrogen) atoms. The van der Waals surface area contributed by atoms with Gasteiger partial charge in [-0.2, -0.15) is 0 Å². The Morgan fingerprint density at radius 2 is 1.91 bits per heavy atom. The monoisotopic (exact) mass is 691 g/mol. The summed E-state index contributed by atoms with van der Waals surface area (Å²) in [7, 11) is 3.64. The average molecular weight is 692 g/mol. The summed E-state index contributed by atoms with van der Waals surface area (Å²) < 4.78 is 5.58. The van der Waals surface area contributed by atoms with Crippen LogP contribution in [0.3, 0.4) is 0 Å². The number of aromatic amines is 1. The van der Waals surface area contributed by atoms with Gasteiger partial charge in [0, 0.05) is 29.0 Å². The molecule has 4 rings (SSSR count). The Hall–Kier alpha value is -4.42. The van der Waals surface area contributed by atoms with E-state index in [2.05, 4.69) is 20.4 Å². The molecule has 0 spiro atoms. The number of oxime groups is 1. The van der Waals surface area contributed by atoms with Crippen molar-refractivity contribution < 1.29 is 43.4 Å². The van der Waals surface area contributed by atoms with Crippen LogP contribution >= 0.6 is 23.1 Å². The molecule has 16 nitrogen and oxygen atoms in total. The number of rotatable bonds is 11. The number of hydrogen-bond donors (Lipinski definition) is 4. The Morgan fingerprint density at radius 1 is 1.23 bits per heavy atom. The number of thioether (sulfide) groups is 1. The Balaban J connectivity index is 1.53. The molecule has 2 aromatic rings. The molecule has 2 aliphatic rings. The fourth-order valence-electron chi connectivity index (χ4n) is 4.83. The number of β-lactam (4-membered cyclic amide) rings is 1. The van der Waals surface area contributed by atoms with Gasteiger partial charge in [0.2, 0.25) is 11.0 Å². The zero-order valence-corrected chi connectivity index (χ0v) is 28.5. The number of esters is 1. The van der Waals surface area contributed by atoms with Gasteiger partial charge in [0.25, 0.3) is 11.8 Å². The van der Waals surface area contributed by atoms with E-state index in [4.69, 9.17) is 15.3 Å². The van der Waals surface area contributed by atoms with Gasteiger partial charge in [0.15, 0.2) is 16.6 Å². The summed E-state index contributed by atoms with van der Waals surface area (Å²) in [5.41, 5.74) is 3.18. The molecule has 0 radical (unpaired) electrons. The van der Waals surface area contributed by atoms with Gasteiger partial charge in [-0.25, -0.2) is 9.78 Å². The zero-order chi connectivity index (χ0) is 35.1. The van der Waals surface area contributed by atoms with Crippen LogP contribution in [0.1, 0.15) is 46.0 Å². The van der Waals surface area contributed by atoms with Crippen LogP contribution < -0.4 is 21.6 Å². The molecule has 0 bridgehead atoms. The number of pyridine rings is 1. The number of carbonyl (C=O) groups excluding carboxylic acids is 4. The van der Waals surface area contributed by atoms with Crippen molar-refractivity contribution in [3.05, 3.63) is 50.5 Å². The normalized spacial score (nSPS) is 18.7. The number of likely N-dealkylation sites (N-methyl/N-ethyl adjacent to an activating group) is 1. The highest BCUT2D eigenvalue weighted by Crippen LogP contribution is 2.40. The highest BCUT2D eigenvalue weighted by atomic mass is 32.2. The van der Waals surface area contributed by atoms with Crippen molar-refractivity contribution in [3.63, 3.8) is 0 Å². The minimum absolute atomic E-state index is 0.0393. The van der Waals surface area contributed by atoms with E-state index >= 15 is 0 Å². The Kier molecular flexibility index (Phi) is 9.80. The number of ether oxygens (including phenoxy) is 1. The number of nitrogens with one attached hydrogen (secondary N) is 2. The van der Waals surface area contributed by atoms with Crippen LogP contribution in [0.15, 0.2) is 38.9 Å². The van der Waals surface area contributed by atoms with E-state index in [0.717, 1.165) is 16.2 Å². The second-order valence-corrected chi connectivity index (χ2v) is 15.2. The lowest BCUT2D eigenvalue weighted by Crippen LogP contribution is -2.71. The first-order valence-electron chi connectivity index (χ1n) is 14.3. The molecule has 4 heterocycles. The lowest BCUT2D eigenvalue weighted by Gasteiger charge is -2.51. The predicted octanol–water partition coefficient (Wildman–Crippen LogP) is -0.359. The largest absolute Gasteiger partial charge is 0.543 e. The number of quaternary nitrogens is 1. The number of hydrogen-bond acceptors (Lipinski definition) is 14. The third-order valence-corrected chi connectivity index (χ3v) is 8.95. The van der Waals surface area contributed by atoms with Crippen LogP contribution in [0.25, 0.3) is 0 Å². The fourth-order valence-corrected chi connectivity index (χ4v) is 6.72. The van der Waals surface area contributed by atoms with Gasteiger partial charge < -0.3 is 45.1 Å². The number of aromatic nitrogens is 2. The first-order valence-corrected chi connectivity index (χ1v) is 16.2. The molecular formula is C29H37N7O9S2. The second kappa shape index (κ2) is 13.0. The van der Waals surface area contributed by atoms with Crippen LogP contribution in [0.4, 0.5) is 5.13 Å². The number of fused-ring (bicyclic) bond motifs is 1. The third kappa shape index (κ3) is 8.12. The average Bonchev–Trinajstić information content (AvgIpc) is 3.37. The maximum absolute atomic E-state index is 13.5. The lowest BCUT2D eigenvalue weighted by molar-refractivity contribution is -0.899. The summed E-state index contributed by atoms with van der Waals surface area (Å²) in [6, 6.07) is 0.149. The van der Waals surface area contributed by atoms with Crippen LogP contribution in [0.2, 0.25) is 0 Å². The number of nitrogens with zero attached hydrogens (tertiary/aromatic N) is 4. The molecule has 254 valence electrons. The van der Waals surface area contributed by atoms with Crippen molar-refractivity contribution in [3.8, 4) is 5.75 Å². The number of nitrogens with two attached hydrogens (primary N) is 1. The molecule has 0 aromatic carbocycles. The van der Waals surface area contributed by atoms with Crippen LogP contribution in [0, 0.1) is 0 Å². The highest BCUT2D eigenvalue weighted by molar-refractivity contribution is 8.00. The Morgan fingerprint density at radius 3 is 2.49 bits per heavy atom. The molecule has 0 saturated carbocycles. The molecular weight excluding hydrogens is 654 g/mol. The second-order valence-electron chi connectivity index (χ2n) is 13.2. The molecule has 5 N–H and O–H groups in total. The number of carbonyl (C=O) groups is 4. The number of amides is 2. The summed E-state index contributed by atoms with van der Waals surface area (Å²) in [5.74, 6) is -4.01. The van der Waals surface area contributed by atoms with Crippen molar-refractivity contribution >= 4 is 57.7 Å². The molecule has 1 fully saturated rings. The number of thiazole rings is 1. The van der Waals surface area contributed by atoms with Crippen LogP contribution in [0.5, 0.6) is 5.75 Å². The predicted molar refractivity (Wildman–Crippen MR) is 171 cm³/mol. The summed E-state index contributed by atoms with van der Waals surface area (Å²) in [4.78, 5) is 77.2. The van der Waals surface area contributed by atoms with E-state index in [9.17, 15) is 34.2 Å². The van der Waals surface area contributed by atoms with Gasteiger partial charge in [-0.15, -0.1) is 23.1 Å². The van der Waals surface area contributed by atoms with Gasteiger partial charge in [-0.3, -0.25) is 19.3 Å². The van der Waals surface area contributed by atoms with Gasteiger partial charge in [-0.05, 0) is 34.6 Å². The number of anilines is 1. The van der Waals surface area contributed by atoms with E-state index in [1.165, 1.54) is 43.3 Å². The first-order chi connectivity index (χ1) is 21.7. The van der Waals surface area contributed by atoms with Gasteiger partial charge >= 0.3 is 5.97 Å².